The molecule has 27 heavy (non-hydrogen) atoms. The number of hydrogen-bond donors (Lipinski definition) is 2. The number of nitrogens with one attached hydrogen (secondary N) is 1. The van der Waals surface area contributed by atoms with Crippen LogP contribution in [0.1, 0.15) is 27.7 Å². The number of aryl methyl sites for hydroxylation is 1. The van der Waals surface area contributed by atoms with E-state index in [2.05, 4.69) is 9.46 Å². The van der Waals surface area contributed by atoms with E-state index in [1.165, 1.54) is 20.1 Å². The number of sulfonamides is 1. The van der Waals surface area contributed by atoms with E-state index in [1.807, 2.05) is 0 Å². The van der Waals surface area contributed by atoms with Crippen molar-refractivity contribution in [3.8, 4) is 0 Å². The minimum atomic E-state index is -4.88. The average molecular weight is 423 g/mol. The first-order valence-electron chi connectivity index (χ1n) is 7.41. The topological polar surface area (TPSA) is 92.7 Å². The summed E-state index contributed by atoms with van der Waals surface area (Å²) in [6, 6.07) is 5.54. The first kappa shape index (κ1) is 21.2. The van der Waals surface area contributed by atoms with Crippen molar-refractivity contribution in [1.82, 2.24) is 0 Å². The summed E-state index contributed by atoms with van der Waals surface area (Å²) >= 11 is 0.715. The number of carbonyl (C=O) groups is 1. The summed E-state index contributed by atoms with van der Waals surface area (Å²) in [5.41, 5.74) is -3.17. The van der Waals surface area contributed by atoms with E-state index in [9.17, 15) is 31.5 Å². The molecule has 11 heteroatoms. The van der Waals surface area contributed by atoms with Gasteiger partial charge in [-0.25, -0.2) is 13.2 Å². The molecule has 0 amide bonds. The van der Waals surface area contributed by atoms with Crippen molar-refractivity contribution < 1.29 is 36.2 Å². The Bertz CT molecular complexity index is 947. The fourth-order valence-electron chi connectivity index (χ4n) is 2.16. The number of benzene rings is 1. The van der Waals surface area contributed by atoms with Gasteiger partial charge in [0.1, 0.15) is 9.09 Å². The lowest BCUT2D eigenvalue weighted by atomic mass is 9.95. The van der Waals surface area contributed by atoms with Crippen molar-refractivity contribution in [3.63, 3.8) is 0 Å². The number of carbonyl (C=O) groups excluding carboxylic acids is 1. The van der Waals surface area contributed by atoms with Gasteiger partial charge in [0, 0.05) is 5.69 Å². The third kappa shape index (κ3) is 4.25. The van der Waals surface area contributed by atoms with Gasteiger partial charge in [0.2, 0.25) is 0 Å². The molecule has 1 heterocycles. The Kier molecular flexibility index (Phi) is 5.60. The molecule has 0 bridgehead atoms. The Morgan fingerprint density at radius 3 is 2.26 bits per heavy atom. The van der Waals surface area contributed by atoms with Crippen LogP contribution in [-0.4, -0.2) is 32.8 Å². The van der Waals surface area contributed by atoms with E-state index >= 15 is 0 Å². The van der Waals surface area contributed by atoms with Crippen molar-refractivity contribution in [2.75, 3.05) is 11.8 Å². The maximum Gasteiger partial charge on any atom is 0.421 e. The van der Waals surface area contributed by atoms with E-state index in [1.54, 1.807) is 0 Å². The molecule has 1 unspecified atom stereocenters. The zero-order valence-electron chi connectivity index (χ0n) is 14.4. The largest absolute Gasteiger partial charge is 0.465 e. The van der Waals surface area contributed by atoms with Gasteiger partial charge in [0.25, 0.3) is 10.0 Å². The maximum atomic E-state index is 12.9. The summed E-state index contributed by atoms with van der Waals surface area (Å²) in [5.74, 6) is -0.678. The highest BCUT2D eigenvalue weighted by atomic mass is 32.2. The second-order valence-electron chi connectivity index (χ2n) is 5.83. The van der Waals surface area contributed by atoms with Crippen LogP contribution in [0.4, 0.5) is 18.9 Å². The highest BCUT2D eigenvalue weighted by Crippen LogP contribution is 2.39. The van der Waals surface area contributed by atoms with Gasteiger partial charge >= 0.3 is 12.1 Å². The number of hydrogen-bond acceptors (Lipinski definition) is 6. The Balaban J connectivity index is 2.29. The van der Waals surface area contributed by atoms with Crippen LogP contribution in [0.5, 0.6) is 0 Å². The zero-order valence-corrected chi connectivity index (χ0v) is 16.1. The number of alkyl halides is 3. The molecule has 0 fully saturated rings. The molecule has 6 nitrogen and oxygen atoms in total. The predicted molar refractivity (Wildman–Crippen MR) is 93.3 cm³/mol. The number of halogens is 3. The SMILES string of the molecule is COC(=O)c1cc(C)c(S(=O)(=O)Nc2ccc(C(C)(O)C(F)(F)F)cc2)s1. The monoisotopic (exact) mass is 423 g/mol. The summed E-state index contributed by atoms with van der Waals surface area (Å²) in [6.07, 6.45) is -4.88. The van der Waals surface area contributed by atoms with E-state index < -0.39 is 33.3 Å². The molecule has 0 aliphatic rings. The molecule has 0 aliphatic carbocycles. The fourth-order valence-corrected chi connectivity index (χ4v) is 4.84. The molecule has 0 aliphatic heterocycles. The molecule has 1 aromatic heterocycles. The standard InChI is InChI=1S/C16H16F3NO5S2/c1-9-8-12(13(21)25-3)26-14(9)27(23,24)20-11-6-4-10(5-7-11)15(2,22)16(17,18)19/h4-8,20,22H,1-3H3. The molecule has 2 N–H and O–H groups in total. The van der Waals surface area contributed by atoms with Gasteiger partial charge in [0.05, 0.1) is 7.11 Å². The molecule has 0 saturated carbocycles. The van der Waals surface area contributed by atoms with Crippen LogP contribution in [0.25, 0.3) is 0 Å². The third-order valence-corrected chi connectivity index (χ3v) is 6.99. The van der Waals surface area contributed by atoms with Crippen molar-refractivity contribution in [2.24, 2.45) is 0 Å². The molecule has 1 atom stereocenters. The van der Waals surface area contributed by atoms with Crippen LogP contribution in [0.3, 0.4) is 0 Å². The summed E-state index contributed by atoms with van der Waals surface area (Å²) in [4.78, 5) is 11.6. The van der Waals surface area contributed by atoms with Crippen LogP contribution < -0.4 is 4.72 Å². The van der Waals surface area contributed by atoms with E-state index in [4.69, 9.17) is 0 Å². The first-order chi connectivity index (χ1) is 12.3. The van der Waals surface area contributed by atoms with E-state index in [-0.39, 0.29) is 14.8 Å². The molecule has 0 radical (unpaired) electrons. The molecular weight excluding hydrogens is 407 g/mol. The van der Waals surface area contributed by atoms with Gasteiger partial charge in [-0.15, -0.1) is 11.3 Å². The molecule has 2 rings (SSSR count). The third-order valence-electron chi connectivity index (χ3n) is 3.75. The molecular formula is C16H16F3NO5S2. The van der Waals surface area contributed by atoms with Crippen LogP contribution >= 0.6 is 11.3 Å². The fraction of sp³-hybridized carbons (Fsp3) is 0.312. The number of aliphatic hydroxyl groups is 1. The van der Waals surface area contributed by atoms with Crippen molar-refractivity contribution >= 4 is 33.0 Å². The van der Waals surface area contributed by atoms with Gasteiger partial charge in [-0.3, -0.25) is 4.72 Å². The van der Waals surface area contributed by atoms with Crippen molar-refractivity contribution in [2.45, 2.75) is 29.8 Å². The Morgan fingerprint density at radius 1 is 1.22 bits per heavy atom. The van der Waals surface area contributed by atoms with Crippen LogP contribution in [0, 0.1) is 6.92 Å². The molecule has 1 aromatic carbocycles. The van der Waals surface area contributed by atoms with Crippen LogP contribution in [0.15, 0.2) is 34.5 Å². The number of esters is 1. The van der Waals surface area contributed by atoms with Crippen LogP contribution in [0.2, 0.25) is 0 Å². The lowest BCUT2D eigenvalue weighted by molar-refractivity contribution is -0.258. The second-order valence-corrected chi connectivity index (χ2v) is 8.76. The predicted octanol–water partition coefficient (Wildman–Crippen LogP) is 3.41. The summed E-state index contributed by atoms with van der Waals surface area (Å²) in [6.45, 7) is 2.11. The second kappa shape index (κ2) is 7.13. The molecule has 2 aromatic rings. The Morgan fingerprint density at radius 2 is 1.78 bits per heavy atom. The first-order valence-corrected chi connectivity index (χ1v) is 9.71. The minimum absolute atomic E-state index is 0.00384. The van der Waals surface area contributed by atoms with Gasteiger partial charge in [-0.2, -0.15) is 13.2 Å². The molecule has 148 valence electrons. The van der Waals surface area contributed by atoms with Gasteiger partial charge < -0.3 is 9.84 Å². The van der Waals surface area contributed by atoms with Gasteiger partial charge in [-0.1, -0.05) is 12.1 Å². The summed E-state index contributed by atoms with van der Waals surface area (Å²) < 4.78 is 70.2. The van der Waals surface area contributed by atoms with Crippen molar-refractivity contribution in [3.05, 3.63) is 46.3 Å². The van der Waals surface area contributed by atoms with Gasteiger partial charge in [0.15, 0.2) is 5.60 Å². The van der Waals surface area contributed by atoms with E-state index in [0.717, 1.165) is 24.3 Å². The Labute approximate surface area is 157 Å². The smallest absolute Gasteiger partial charge is 0.421 e. The lowest BCUT2D eigenvalue weighted by Crippen LogP contribution is -2.39. The average Bonchev–Trinajstić information content (AvgIpc) is 2.96. The summed E-state index contributed by atoms with van der Waals surface area (Å²) in [7, 11) is -2.90. The van der Waals surface area contributed by atoms with E-state index in [0.29, 0.717) is 23.8 Å². The Hall–Kier alpha value is -2.11. The highest BCUT2D eigenvalue weighted by molar-refractivity contribution is 7.94. The quantitative estimate of drug-likeness (QED) is 0.719. The lowest BCUT2D eigenvalue weighted by Gasteiger charge is -2.26. The number of rotatable bonds is 5. The number of ether oxygens (including phenoxy) is 1. The molecule has 0 saturated heterocycles. The maximum absolute atomic E-state index is 12.9. The highest BCUT2D eigenvalue weighted by Gasteiger charge is 2.51. The summed E-state index contributed by atoms with van der Waals surface area (Å²) in [5, 5.41) is 9.63. The molecule has 0 spiro atoms. The van der Waals surface area contributed by atoms with Crippen LogP contribution in [-0.2, 0) is 20.4 Å². The number of anilines is 1. The van der Waals surface area contributed by atoms with Gasteiger partial charge in [-0.05, 0) is 43.2 Å². The minimum Gasteiger partial charge on any atom is -0.465 e. The van der Waals surface area contributed by atoms with Crippen molar-refractivity contribution in [1.29, 1.82) is 0 Å². The normalized spacial score (nSPS) is 14.5. The number of thiophene rings is 1. The number of methoxy groups -OCH3 is 1. The zero-order chi connectivity index (χ0) is 20.6.